The molecule has 3 fully saturated rings. The average molecular weight is 550 g/mol. The van der Waals surface area contributed by atoms with Crippen LogP contribution in [0.2, 0.25) is 0 Å². The van der Waals surface area contributed by atoms with E-state index in [1.807, 2.05) is 29.2 Å². The summed E-state index contributed by atoms with van der Waals surface area (Å²) in [6, 6.07) is 12.5. The predicted octanol–water partition coefficient (Wildman–Crippen LogP) is 7.12. The SMILES string of the molecule is COc1cc(C=C2SC(=NC3CCCCC3)N(C3CCCCC3)C2=O)ccc1OCc1cccc([N+](=O)[O-])c1. The molecule has 9 heteroatoms. The highest BCUT2D eigenvalue weighted by molar-refractivity contribution is 8.18. The van der Waals surface area contributed by atoms with Gasteiger partial charge in [-0.3, -0.25) is 24.8 Å². The molecule has 0 radical (unpaired) electrons. The van der Waals surface area contributed by atoms with Crippen molar-refractivity contribution in [3.8, 4) is 11.5 Å². The van der Waals surface area contributed by atoms with Crippen molar-refractivity contribution in [2.45, 2.75) is 82.9 Å². The maximum atomic E-state index is 13.7. The molecule has 2 aromatic carbocycles. The van der Waals surface area contributed by atoms with Gasteiger partial charge < -0.3 is 9.47 Å². The van der Waals surface area contributed by atoms with Crippen LogP contribution in [-0.2, 0) is 11.4 Å². The van der Waals surface area contributed by atoms with Crippen molar-refractivity contribution in [1.82, 2.24) is 4.90 Å². The summed E-state index contributed by atoms with van der Waals surface area (Å²) in [5, 5.41) is 11.9. The van der Waals surface area contributed by atoms with Gasteiger partial charge in [-0.25, -0.2) is 0 Å². The van der Waals surface area contributed by atoms with Crippen molar-refractivity contribution in [2.24, 2.45) is 4.99 Å². The molecule has 1 heterocycles. The third kappa shape index (κ3) is 6.64. The Morgan fingerprint density at radius 3 is 2.49 bits per heavy atom. The fourth-order valence-corrected chi connectivity index (χ4v) is 6.68. The monoisotopic (exact) mass is 549 g/mol. The molecule has 5 rings (SSSR count). The zero-order chi connectivity index (χ0) is 27.2. The number of thioether (sulfide) groups is 1. The molecule has 2 aromatic rings. The number of carbonyl (C=O) groups is 1. The smallest absolute Gasteiger partial charge is 0.269 e. The lowest BCUT2D eigenvalue weighted by Crippen LogP contribution is -2.41. The summed E-state index contributed by atoms with van der Waals surface area (Å²) < 4.78 is 11.5. The quantitative estimate of drug-likeness (QED) is 0.198. The van der Waals surface area contributed by atoms with Gasteiger partial charge in [0.05, 0.1) is 23.0 Å². The number of nitrogens with zero attached hydrogens (tertiary/aromatic N) is 3. The van der Waals surface area contributed by atoms with Crippen LogP contribution in [0.4, 0.5) is 5.69 Å². The molecule has 8 nitrogen and oxygen atoms in total. The Morgan fingerprint density at radius 2 is 1.77 bits per heavy atom. The van der Waals surface area contributed by atoms with Crippen molar-refractivity contribution >= 4 is 34.6 Å². The molecule has 0 bridgehead atoms. The first-order valence-corrected chi connectivity index (χ1v) is 14.7. The van der Waals surface area contributed by atoms with Gasteiger partial charge in [0, 0.05) is 18.2 Å². The summed E-state index contributed by atoms with van der Waals surface area (Å²) in [5.41, 5.74) is 1.56. The second kappa shape index (κ2) is 12.7. The lowest BCUT2D eigenvalue weighted by Gasteiger charge is -2.31. The number of non-ortho nitro benzene ring substituents is 1. The number of benzene rings is 2. The van der Waals surface area contributed by atoms with Gasteiger partial charge in [-0.05, 0) is 66.8 Å². The molecule has 2 aliphatic carbocycles. The third-order valence-corrected chi connectivity index (χ3v) is 8.64. The molecule has 1 aliphatic heterocycles. The van der Waals surface area contributed by atoms with Crippen LogP contribution < -0.4 is 9.47 Å². The van der Waals surface area contributed by atoms with E-state index in [2.05, 4.69) is 0 Å². The lowest BCUT2D eigenvalue weighted by atomic mass is 9.94. The van der Waals surface area contributed by atoms with E-state index in [9.17, 15) is 14.9 Å². The highest BCUT2D eigenvalue weighted by Crippen LogP contribution is 2.39. The van der Waals surface area contributed by atoms with E-state index < -0.39 is 4.92 Å². The van der Waals surface area contributed by atoms with Gasteiger partial charge >= 0.3 is 0 Å². The maximum absolute atomic E-state index is 13.7. The van der Waals surface area contributed by atoms with Gasteiger partial charge in [-0.1, -0.05) is 56.7 Å². The zero-order valence-corrected chi connectivity index (χ0v) is 23.2. The van der Waals surface area contributed by atoms with Gasteiger partial charge in [0.2, 0.25) is 0 Å². The second-order valence-electron chi connectivity index (χ2n) is 10.4. The summed E-state index contributed by atoms with van der Waals surface area (Å²) in [5.74, 6) is 1.11. The highest BCUT2D eigenvalue weighted by Gasteiger charge is 2.39. The Labute approximate surface area is 233 Å². The number of methoxy groups -OCH3 is 1. The molecule has 0 spiro atoms. The number of hydrogen-bond donors (Lipinski definition) is 0. The van der Waals surface area contributed by atoms with Crippen LogP contribution >= 0.6 is 11.8 Å². The minimum atomic E-state index is -0.421. The topological polar surface area (TPSA) is 94.3 Å². The standard InChI is InChI=1S/C30H35N3O5S/c1-37-27-18-21(15-16-26(27)38-20-22-9-8-14-25(17-22)33(35)36)19-28-29(34)32(24-12-6-3-7-13-24)30(39-28)31-23-10-4-2-5-11-23/h8-9,14-19,23-24H,2-7,10-13,20H2,1H3. The van der Waals surface area contributed by atoms with Crippen LogP contribution in [0.3, 0.4) is 0 Å². The molecule has 0 N–H and O–H groups in total. The number of nitro groups is 1. The summed E-state index contributed by atoms with van der Waals surface area (Å²) >= 11 is 1.50. The molecule has 0 unspecified atom stereocenters. The molecule has 1 amide bonds. The Balaban J connectivity index is 1.35. The van der Waals surface area contributed by atoms with Gasteiger partial charge in [0.15, 0.2) is 16.7 Å². The Hall–Kier alpha value is -3.33. The molecule has 206 valence electrons. The third-order valence-electron chi connectivity index (χ3n) is 7.65. The number of amides is 1. The molecule has 2 saturated carbocycles. The minimum Gasteiger partial charge on any atom is -0.493 e. The van der Waals surface area contributed by atoms with E-state index in [0.717, 1.165) is 49.3 Å². The second-order valence-corrected chi connectivity index (χ2v) is 11.4. The summed E-state index contributed by atoms with van der Waals surface area (Å²) in [4.78, 5) is 32.1. The van der Waals surface area contributed by atoms with Crippen molar-refractivity contribution in [3.05, 3.63) is 68.6 Å². The van der Waals surface area contributed by atoms with Crippen LogP contribution in [0.15, 0.2) is 52.4 Å². The van der Waals surface area contributed by atoms with Crippen molar-refractivity contribution < 1.29 is 19.2 Å². The molecule has 1 saturated heterocycles. The number of hydrogen-bond acceptors (Lipinski definition) is 7. The van der Waals surface area contributed by atoms with Gasteiger partial charge in [0.25, 0.3) is 11.6 Å². The van der Waals surface area contributed by atoms with Crippen molar-refractivity contribution in [1.29, 1.82) is 0 Å². The van der Waals surface area contributed by atoms with E-state index in [0.29, 0.717) is 28.0 Å². The van der Waals surface area contributed by atoms with Crippen LogP contribution in [0, 0.1) is 10.1 Å². The molecule has 0 atom stereocenters. The molecule has 39 heavy (non-hydrogen) atoms. The first-order chi connectivity index (χ1) is 19.0. The van der Waals surface area contributed by atoms with Crippen molar-refractivity contribution in [3.63, 3.8) is 0 Å². The molecular weight excluding hydrogens is 514 g/mol. The highest BCUT2D eigenvalue weighted by atomic mass is 32.2. The summed E-state index contributed by atoms with van der Waals surface area (Å²) in [7, 11) is 1.57. The lowest BCUT2D eigenvalue weighted by molar-refractivity contribution is -0.384. The number of rotatable bonds is 8. The summed E-state index contributed by atoms with van der Waals surface area (Å²) in [6.07, 6.45) is 13.4. The van der Waals surface area contributed by atoms with E-state index in [4.69, 9.17) is 14.5 Å². The van der Waals surface area contributed by atoms with Crippen LogP contribution in [0.25, 0.3) is 6.08 Å². The summed E-state index contributed by atoms with van der Waals surface area (Å²) in [6.45, 7) is 0.171. The first kappa shape index (κ1) is 27.2. The number of nitro benzene ring substituents is 1. The van der Waals surface area contributed by atoms with Gasteiger partial charge in [-0.15, -0.1) is 0 Å². The Kier molecular flexibility index (Phi) is 8.86. The van der Waals surface area contributed by atoms with Gasteiger partial charge in [0.1, 0.15) is 6.61 Å². The normalized spacial score (nSPS) is 21.1. The van der Waals surface area contributed by atoms with E-state index in [1.54, 1.807) is 19.2 Å². The molecule has 3 aliphatic rings. The first-order valence-electron chi connectivity index (χ1n) is 13.9. The van der Waals surface area contributed by atoms with E-state index in [-0.39, 0.29) is 24.2 Å². The van der Waals surface area contributed by atoms with Crippen LogP contribution in [-0.4, -0.2) is 40.1 Å². The van der Waals surface area contributed by atoms with E-state index in [1.165, 1.54) is 49.6 Å². The fraction of sp³-hybridized carbons (Fsp3) is 0.467. The number of ether oxygens (including phenoxy) is 2. The molecular formula is C30H35N3O5S. The zero-order valence-electron chi connectivity index (χ0n) is 22.3. The number of carbonyl (C=O) groups excluding carboxylic acids is 1. The number of amidine groups is 1. The molecule has 0 aromatic heterocycles. The largest absolute Gasteiger partial charge is 0.493 e. The van der Waals surface area contributed by atoms with E-state index >= 15 is 0 Å². The maximum Gasteiger partial charge on any atom is 0.269 e. The van der Waals surface area contributed by atoms with Gasteiger partial charge in [-0.2, -0.15) is 0 Å². The van der Waals surface area contributed by atoms with Crippen molar-refractivity contribution in [2.75, 3.05) is 7.11 Å². The van der Waals surface area contributed by atoms with Crippen LogP contribution in [0.1, 0.15) is 75.3 Å². The number of aliphatic imine (C=N–C) groups is 1. The Bertz CT molecular complexity index is 1260. The Morgan fingerprint density at radius 1 is 1.03 bits per heavy atom. The minimum absolute atomic E-state index is 0.0254. The predicted molar refractivity (Wildman–Crippen MR) is 154 cm³/mol. The average Bonchev–Trinajstić information content (AvgIpc) is 3.27. The fourth-order valence-electron chi connectivity index (χ4n) is 5.57. The van der Waals surface area contributed by atoms with Crippen LogP contribution in [0.5, 0.6) is 11.5 Å².